The van der Waals surface area contributed by atoms with Crippen LogP contribution in [0.15, 0.2) is 42.5 Å². The summed E-state index contributed by atoms with van der Waals surface area (Å²) in [6, 6.07) is 10.8. The van der Waals surface area contributed by atoms with Crippen LogP contribution in [-0.4, -0.2) is 12.0 Å². The topological polar surface area (TPSA) is 52.4 Å². The van der Waals surface area contributed by atoms with E-state index >= 15 is 0 Å². The van der Waals surface area contributed by atoms with Crippen molar-refractivity contribution < 1.29 is 14.1 Å². The summed E-state index contributed by atoms with van der Waals surface area (Å²) in [5, 5.41) is 10.7. The number of hydrogen-bond donors (Lipinski definition) is 0. The van der Waals surface area contributed by atoms with E-state index in [9.17, 15) is 14.5 Å². The predicted octanol–water partition coefficient (Wildman–Crippen LogP) is 3.41. The molecule has 2 rings (SSSR count). The van der Waals surface area contributed by atoms with Gasteiger partial charge in [-0.25, -0.2) is 0 Å². The van der Waals surface area contributed by atoms with E-state index < -0.39 is 16.4 Å². The highest BCUT2D eigenvalue weighted by Gasteiger charge is 2.15. The van der Waals surface area contributed by atoms with Crippen LogP contribution in [0.25, 0.3) is 11.1 Å². The average molecular weight is 247 g/mol. The zero-order valence-corrected chi connectivity index (χ0v) is 9.59. The summed E-state index contributed by atoms with van der Waals surface area (Å²) in [6.07, 6.45) is 0. The molecule has 0 aliphatic rings. The van der Waals surface area contributed by atoms with Crippen LogP contribution in [0.1, 0.15) is 0 Å². The largest absolute Gasteiger partial charge is 0.497 e. The van der Waals surface area contributed by atoms with E-state index in [0.717, 1.165) is 11.6 Å². The third kappa shape index (κ3) is 2.29. The second-order valence-corrected chi connectivity index (χ2v) is 3.66. The number of hydrogen-bond acceptors (Lipinski definition) is 3. The van der Waals surface area contributed by atoms with E-state index in [2.05, 4.69) is 0 Å². The molecule has 5 heteroatoms. The fraction of sp³-hybridized carbons (Fsp3) is 0.0769. The molecule has 0 spiro atoms. The van der Waals surface area contributed by atoms with Gasteiger partial charge in [0.2, 0.25) is 5.82 Å². The first-order valence-corrected chi connectivity index (χ1v) is 5.20. The molecule has 0 atom stereocenters. The standard InChI is InChI=1S/C13H10FNO3/c1-18-11-4-2-3-9(7-11)10-5-6-12(14)13(8-10)15(16)17/h2-8H,1H3. The summed E-state index contributed by atoms with van der Waals surface area (Å²) in [4.78, 5) is 9.93. The van der Waals surface area contributed by atoms with Crippen LogP contribution in [0.4, 0.5) is 10.1 Å². The molecule has 18 heavy (non-hydrogen) atoms. The molecule has 0 bridgehead atoms. The number of nitro benzene ring substituents is 1. The van der Waals surface area contributed by atoms with Crippen molar-refractivity contribution in [2.75, 3.05) is 7.11 Å². The SMILES string of the molecule is COc1cccc(-c2ccc(F)c([N+](=O)[O-])c2)c1. The van der Waals surface area contributed by atoms with E-state index in [-0.39, 0.29) is 0 Å². The van der Waals surface area contributed by atoms with Crippen molar-refractivity contribution in [1.29, 1.82) is 0 Å². The fourth-order valence-electron chi connectivity index (χ4n) is 1.63. The number of nitro groups is 1. The van der Waals surface area contributed by atoms with Gasteiger partial charge >= 0.3 is 5.69 Å². The zero-order valence-electron chi connectivity index (χ0n) is 9.59. The molecule has 0 radical (unpaired) electrons. The maximum absolute atomic E-state index is 13.2. The Morgan fingerprint density at radius 1 is 1.17 bits per heavy atom. The van der Waals surface area contributed by atoms with Crippen LogP contribution in [0.5, 0.6) is 5.75 Å². The Morgan fingerprint density at radius 3 is 2.56 bits per heavy atom. The van der Waals surface area contributed by atoms with Crippen molar-refractivity contribution in [2.24, 2.45) is 0 Å². The number of methoxy groups -OCH3 is 1. The molecule has 0 N–H and O–H groups in total. The Balaban J connectivity index is 2.50. The van der Waals surface area contributed by atoms with Crippen LogP contribution in [0.2, 0.25) is 0 Å². The van der Waals surface area contributed by atoms with Crippen molar-refractivity contribution in [2.45, 2.75) is 0 Å². The summed E-state index contributed by atoms with van der Waals surface area (Å²) < 4.78 is 18.3. The maximum atomic E-state index is 13.2. The van der Waals surface area contributed by atoms with Crippen molar-refractivity contribution in [3.8, 4) is 16.9 Å². The van der Waals surface area contributed by atoms with Gasteiger partial charge in [-0.15, -0.1) is 0 Å². The first-order valence-electron chi connectivity index (χ1n) is 5.20. The van der Waals surface area contributed by atoms with Crippen molar-refractivity contribution >= 4 is 5.69 Å². The molecule has 0 fully saturated rings. The van der Waals surface area contributed by atoms with Gasteiger partial charge in [0.1, 0.15) is 5.75 Å². The number of rotatable bonds is 3. The van der Waals surface area contributed by atoms with E-state index in [1.807, 2.05) is 0 Å². The second kappa shape index (κ2) is 4.83. The molecular weight excluding hydrogens is 237 g/mol. The predicted molar refractivity (Wildman–Crippen MR) is 65.0 cm³/mol. The van der Waals surface area contributed by atoms with Crippen molar-refractivity contribution in [3.63, 3.8) is 0 Å². The Hall–Kier alpha value is -2.43. The van der Waals surface area contributed by atoms with Crippen molar-refractivity contribution in [1.82, 2.24) is 0 Å². The van der Waals surface area contributed by atoms with Crippen LogP contribution in [-0.2, 0) is 0 Å². The Bertz CT molecular complexity index is 599. The molecule has 0 heterocycles. The van der Waals surface area contributed by atoms with Gasteiger partial charge < -0.3 is 4.74 Å². The van der Waals surface area contributed by atoms with Gasteiger partial charge in [-0.1, -0.05) is 18.2 Å². The van der Waals surface area contributed by atoms with Crippen LogP contribution in [0, 0.1) is 15.9 Å². The Kier molecular flexibility index (Phi) is 3.23. The third-order valence-electron chi connectivity index (χ3n) is 2.55. The van der Waals surface area contributed by atoms with E-state index in [0.29, 0.717) is 11.3 Å². The quantitative estimate of drug-likeness (QED) is 0.617. The normalized spacial score (nSPS) is 10.1. The van der Waals surface area contributed by atoms with Gasteiger partial charge in [0.25, 0.3) is 0 Å². The molecule has 0 saturated carbocycles. The first kappa shape index (κ1) is 12.0. The lowest BCUT2D eigenvalue weighted by Gasteiger charge is -2.05. The lowest BCUT2D eigenvalue weighted by molar-refractivity contribution is -0.387. The van der Waals surface area contributed by atoms with Crippen LogP contribution in [0.3, 0.4) is 0 Å². The lowest BCUT2D eigenvalue weighted by Crippen LogP contribution is -1.93. The Morgan fingerprint density at radius 2 is 1.89 bits per heavy atom. The lowest BCUT2D eigenvalue weighted by atomic mass is 10.0. The number of nitrogens with zero attached hydrogens (tertiary/aromatic N) is 1. The van der Waals surface area contributed by atoms with Crippen LogP contribution < -0.4 is 4.74 Å². The maximum Gasteiger partial charge on any atom is 0.305 e. The highest BCUT2D eigenvalue weighted by molar-refractivity contribution is 5.67. The number of ether oxygens (including phenoxy) is 1. The van der Waals surface area contributed by atoms with E-state index in [1.165, 1.54) is 19.2 Å². The minimum Gasteiger partial charge on any atom is -0.497 e. The first-order chi connectivity index (χ1) is 8.61. The molecule has 0 saturated heterocycles. The highest BCUT2D eigenvalue weighted by Crippen LogP contribution is 2.28. The minimum absolute atomic E-state index is 0.532. The molecule has 2 aromatic rings. The van der Waals surface area contributed by atoms with Gasteiger partial charge in [0.05, 0.1) is 12.0 Å². The molecule has 0 unspecified atom stereocenters. The summed E-state index contributed by atoms with van der Waals surface area (Å²) in [6.45, 7) is 0. The molecule has 92 valence electrons. The Labute approximate surface area is 103 Å². The smallest absolute Gasteiger partial charge is 0.305 e. The summed E-state index contributed by atoms with van der Waals surface area (Å²) in [5.74, 6) is -0.203. The molecule has 0 aromatic heterocycles. The van der Waals surface area contributed by atoms with Crippen LogP contribution >= 0.6 is 0 Å². The molecule has 0 amide bonds. The highest BCUT2D eigenvalue weighted by atomic mass is 19.1. The van der Waals surface area contributed by atoms with Gasteiger partial charge in [-0.05, 0) is 29.3 Å². The third-order valence-corrected chi connectivity index (χ3v) is 2.55. The molecule has 0 aliphatic heterocycles. The molecular formula is C13H10FNO3. The molecule has 2 aromatic carbocycles. The van der Waals surface area contributed by atoms with Gasteiger partial charge in [0, 0.05) is 6.07 Å². The van der Waals surface area contributed by atoms with Gasteiger partial charge in [0.15, 0.2) is 0 Å². The molecule has 0 aliphatic carbocycles. The number of halogens is 1. The zero-order chi connectivity index (χ0) is 13.1. The fourth-order valence-corrected chi connectivity index (χ4v) is 1.63. The number of benzene rings is 2. The van der Waals surface area contributed by atoms with E-state index in [1.54, 1.807) is 24.3 Å². The molecule has 4 nitrogen and oxygen atoms in total. The monoisotopic (exact) mass is 247 g/mol. The van der Waals surface area contributed by atoms with Crippen molar-refractivity contribution in [3.05, 3.63) is 58.4 Å². The summed E-state index contributed by atoms with van der Waals surface area (Å²) in [5.41, 5.74) is 0.773. The summed E-state index contributed by atoms with van der Waals surface area (Å²) in [7, 11) is 1.53. The van der Waals surface area contributed by atoms with Gasteiger partial charge in [-0.3, -0.25) is 10.1 Å². The summed E-state index contributed by atoms with van der Waals surface area (Å²) >= 11 is 0. The van der Waals surface area contributed by atoms with Gasteiger partial charge in [-0.2, -0.15) is 4.39 Å². The van der Waals surface area contributed by atoms with E-state index in [4.69, 9.17) is 4.74 Å². The minimum atomic E-state index is -0.841. The average Bonchev–Trinajstić information content (AvgIpc) is 2.39. The second-order valence-electron chi connectivity index (χ2n) is 3.66.